The summed E-state index contributed by atoms with van der Waals surface area (Å²) in [4.78, 5) is 11.2. The lowest BCUT2D eigenvalue weighted by molar-refractivity contribution is 0.0951. The number of hydrogen-bond donors (Lipinski definition) is 4. The lowest BCUT2D eigenvalue weighted by atomic mass is 9.98. The standard InChI is InChI=1S/C10H14N2O3/c1-5(2)6-3-7(10(15)12-11)9(14)4-8(6)13/h3-5,13-14H,11H2,1-2H3,(H,12,15). The van der Waals surface area contributed by atoms with Crippen LogP contribution >= 0.6 is 0 Å². The number of nitrogens with two attached hydrogens (primary N) is 1. The Morgan fingerprint density at radius 2 is 1.93 bits per heavy atom. The number of carbonyl (C=O) groups is 1. The van der Waals surface area contributed by atoms with Crippen molar-refractivity contribution in [2.24, 2.45) is 5.84 Å². The second kappa shape index (κ2) is 4.18. The largest absolute Gasteiger partial charge is 0.508 e. The van der Waals surface area contributed by atoms with Gasteiger partial charge in [0.25, 0.3) is 5.91 Å². The molecule has 0 aromatic heterocycles. The molecule has 0 aliphatic carbocycles. The number of benzene rings is 1. The van der Waals surface area contributed by atoms with Crippen molar-refractivity contribution in [3.05, 3.63) is 23.3 Å². The van der Waals surface area contributed by atoms with E-state index in [9.17, 15) is 15.0 Å². The van der Waals surface area contributed by atoms with Crippen molar-refractivity contribution < 1.29 is 15.0 Å². The number of amides is 1. The lowest BCUT2D eigenvalue weighted by Gasteiger charge is -2.11. The maximum absolute atomic E-state index is 11.2. The fourth-order valence-corrected chi connectivity index (χ4v) is 1.32. The fraction of sp³-hybridized carbons (Fsp3) is 0.300. The predicted octanol–water partition coefficient (Wildman–Crippen LogP) is 0.825. The third kappa shape index (κ3) is 2.19. The Hall–Kier alpha value is -1.75. The predicted molar refractivity (Wildman–Crippen MR) is 55.5 cm³/mol. The second-order valence-electron chi connectivity index (χ2n) is 3.56. The Morgan fingerprint density at radius 3 is 2.40 bits per heavy atom. The summed E-state index contributed by atoms with van der Waals surface area (Å²) in [5, 5.41) is 18.9. The lowest BCUT2D eigenvalue weighted by Crippen LogP contribution is -2.30. The highest BCUT2D eigenvalue weighted by Gasteiger charge is 2.15. The van der Waals surface area contributed by atoms with Crippen LogP contribution in [0.5, 0.6) is 11.5 Å². The summed E-state index contributed by atoms with van der Waals surface area (Å²) in [5.41, 5.74) is 2.57. The van der Waals surface area contributed by atoms with E-state index < -0.39 is 5.91 Å². The van der Waals surface area contributed by atoms with Gasteiger partial charge in [-0.05, 0) is 17.5 Å². The first kappa shape index (κ1) is 11.3. The molecule has 1 aromatic carbocycles. The molecule has 82 valence electrons. The van der Waals surface area contributed by atoms with E-state index in [1.807, 2.05) is 19.3 Å². The molecule has 1 amide bonds. The van der Waals surface area contributed by atoms with E-state index in [1.54, 1.807) is 0 Å². The Morgan fingerprint density at radius 1 is 1.33 bits per heavy atom. The molecule has 5 N–H and O–H groups in total. The number of phenols is 2. The minimum absolute atomic E-state index is 0.0314. The highest BCUT2D eigenvalue weighted by Crippen LogP contribution is 2.31. The summed E-state index contributed by atoms with van der Waals surface area (Å²) in [5.74, 6) is 4.10. The first-order valence-corrected chi connectivity index (χ1v) is 4.54. The van der Waals surface area contributed by atoms with Crippen LogP contribution in [0.25, 0.3) is 0 Å². The molecule has 0 heterocycles. The zero-order valence-corrected chi connectivity index (χ0v) is 8.61. The van der Waals surface area contributed by atoms with Crippen molar-refractivity contribution in [1.29, 1.82) is 0 Å². The Labute approximate surface area is 87.5 Å². The smallest absolute Gasteiger partial charge is 0.268 e. The monoisotopic (exact) mass is 210 g/mol. The Balaban J connectivity index is 3.29. The van der Waals surface area contributed by atoms with Gasteiger partial charge in [-0.3, -0.25) is 10.2 Å². The summed E-state index contributed by atoms with van der Waals surface area (Å²) < 4.78 is 0. The summed E-state index contributed by atoms with van der Waals surface area (Å²) in [6.07, 6.45) is 0. The number of hydrogen-bond acceptors (Lipinski definition) is 4. The summed E-state index contributed by atoms with van der Waals surface area (Å²) in [7, 11) is 0. The number of nitrogen functional groups attached to an aromatic ring is 1. The molecule has 0 atom stereocenters. The molecule has 0 radical (unpaired) electrons. The van der Waals surface area contributed by atoms with Crippen LogP contribution < -0.4 is 11.3 Å². The first-order chi connectivity index (χ1) is 6.97. The van der Waals surface area contributed by atoms with Crippen LogP contribution in [0.4, 0.5) is 0 Å². The van der Waals surface area contributed by atoms with Crippen molar-refractivity contribution in [3.8, 4) is 11.5 Å². The van der Waals surface area contributed by atoms with Gasteiger partial charge in [0, 0.05) is 6.07 Å². The number of aromatic hydroxyl groups is 2. The van der Waals surface area contributed by atoms with Crippen LogP contribution in [-0.4, -0.2) is 16.1 Å². The van der Waals surface area contributed by atoms with Gasteiger partial charge in [-0.1, -0.05) is 13.8 Å². The van der Waals surface area contributed by atoms with Gasteiger partial charge in [-0.2, -0.15) is 0 Å². The summed E-state index contributed by atoms with van der Waals surface area (Å²) in [6, 6.07) is 2.57. The number of nitrogens with one attached hydrogen (secondary N) is 1. The average Bonchev–Trinajstić information content (AvgIpc) is 2.16. The number of carbonyl (C=O) groups excluding carboxylic acids is 1. The van der Waals surface area contributed by atoms with Gasteiger partial charge in [0.05, 0.1) is 5.56 Å². The van der Waals surface area contributed by atoms with E-state index in [-0.39, 0.29) is 23.0 Å². The van der Waals surface area contributed by atoms with Gasteiger partial charge in [0.1, 0.15) is 11.5 Å². The van der Waals surface area contributed by atoms with Crippen LogP contribution in [-0.2, 0) is 0 Å². The van der Waals surface area contributed by atoms with Crippen LogP contribution in [0.2, 0.25) is 0 Å². The highest BCUT2D eigenvalue weighted by atomic mass is 16.3. The topological polar surface area (TPSA) is 95.6 Å². The van der Waals surface area contributed by atoms with Crippen molar-refractivity contribution in [3.63, 3.8) is 0 Å². The molecule has 1 rings (SSSR count). The van der Waals surface area contributed by atoms with Crippen LogP contribution in [0.3, 0.4) is 0 Å². The van der Waals surface area contributed by atoms with Gasteiger partial charge in [0.15, 0.2) is 0 Å². The normalized spacial score (nSPS) is 10.4. The molecule has 15 heavy (non-hydrogen) atoms. The van der Waals surface area contributed by atoms with Crippen molar-refractivity contribution in [2.75, 3.05) is 0 Å². The molecule has 0 aliphatic heterocycles. The molecule has 0 saturated heterocycles. The molecule has 0 unspecified atom stereocenters. The van der Waals surface area contributed by atoms with Crippen LogP contribution in [0, 0.1) is 0 Å². The van der Waals surface area contributed by atoms with Crippen molar-refractivity contribution in [2.45, 2.75) is 19.8 Å². The van der Waals surface area contributed by atoms with Gasteiger partial charge < -0.3 is 10.2 Å². The van der Waals surface area contributed by atoms with Crippen LogP contribution in [0.15, 0.2) is 12.1 Å². The molecule has 0 fully saturated rings. The first-order valence-electron chi connectivity index (χ1n) is 4.54. The Bertz CT molecular complexity index is 388. The van der Waals surface area contributed by atoms with E-state index >= 15 is 0 Å². The molecule has 5 heteroatoms. The Kier molecular flexibility index (Phi) is 3.16. The third-order valence-corrected chi connectivity index (χ3v) is 2.14. The van der Waals surface area contributed by atoms with Gasteiger partial charge in [0.2, 0.25) is 0 Å². The van der Waals surface area contributed by atoms with Gasteiger partial charge in [-0.25, -0.2) is 5.84 Å². The molecule has 1 aromatic rings. The van der Waals surface area contributed by atoms with Gasteiger partial charge >= 0.3 is 0 Å². The zero-order chi connectivity index (χ0) is 11.6. The maximum atomic E-state index is 11.2. The van der Waals surface area contributed by atoms with E-state index in [2.05, 4.69) is 0 Å². The van der Waals surface area contributed by atoms with Crippen molar-refractivity contribution >= 4 is 5.91 Å². The minimum atomic E-state index is -0.589. The highest BCUT2D eigenvalue weighted by molar-refractivity contribution is 5.96. The number of hydrazine groups is 1. The van der Waals surface area contributed by atoms with E-state index in [4.69, 9.17) is 5.84 Å². The third-order valence-electron chi connectivity index (χ3n) is 2.14. The van der Waals surface area contributed by atoms with E-state index in [0.717, 1.165) is 6.07 Å². The number of phenolic OH excluding ortho intramolecular Hbond substituents is 2. The minimum Gasteiger partial charge on any atom is -0.508 e. The molecule has 0 bridgehead atoms. The van der Waals surface area contributed by atoms with E-state index in [0.29, 0.717) is 5.56 Å². The molecular weight excluding hydrogens is 196 g/mol. The molecule has 0 spiro atoms. The van der Waals surface area contributed by atoms with Crippen molar-refractivity contribution in [1.82, 2.24) is 5.43 Å². The fourth-order valence-electron chi connectivity index (χ4n) is 1.32. The summed E-state index contributed by atoms with van der Waals surface area (Å²) >= 11 is 0. The second-order valence-corrected chi connectivity index (χ2v) is 3.56. The average molecular weight is 210 g/mol. The molecule has 5 nitrogen and oxygen atoms in total. The summed E-state index contributed by atoms with van der Waals surface area (Å²) in [6.45, 7) is 3.74. The SMILES string of the molecule is CC(C)c1cc(C(=O)NN)c(O)cc1O. The van der Waals surface area contributed by atoms with Gasteiger partial charge in [-0.15, -0.1) is 0 Å². The van der Waals surface area contributed by atoms with E-state index in [1.165, 1.54) is 6.07 Å². The molecule has 0 saturated carbocycles. The zero-order valence-electron chi connectivity index (χ0n) is 8.61. The molecular formula is C10H14N2O3. The van der Waals surface area contributed by atoms with Crippen LogP contribution in [0.1, 0.15) is 35.7 Å². The maximum Gasteiger partial charge on any atom is 0.268 e. The number of rotatable bonds is 2. The quantitative estimate of drug-likeness (QED) is 0.330. The molecule has 0 aliphatic rings.